The van der Waals surface area contributed by atoms with E-state index in [9.17, 15) is 0 Å². The summed E-state index contributed by atoms with van der Waals surface area (Å²) in [6.45, 7) is 4.26. The van der Waals surface area contributed by atoms with Crippen molar-refractivity contribution >= 4 is 29.2 Å². The Kier molecular flexibility index (Phi) is 4.96. The summed E-state index contributed by atoms with van der Waals surface area (Å²) in [6.07, 6.45) is 1.06. The number of hydrogen-bond acceptors (Lipinski definition) is 3. The van der Waals surface area contributed by atoms with Gasteiger partial charge in [0.05, 0.1) is 0 Å². The molecule has 1 unspecified atom stereocenters. The normalized spacial score (nSPS) is 13.8. The molecule has 1 rings (SSSR count). The van der Waals surface area contributed by atoms with Gasteiger partial charge in [0, 0.05) is 20.7 Å². The Labute approximate surface area is 105 Å². The van der Waals surface area contributed by atoms with E-state index in [0.29, 0.717) is 15.8 Å². The van der Waals surface area contributed by atoms with E-state index in [-0.39, 0.29) is 5.84 Å². The molecule has 0 saturated heterocycles. The lowest BCUT2D eigenvalue weighted by Crippen LogP contribution is -2.14. The standard InChI is InChI=1S/C11H15ClN2OS/c1-3-7(2)16-10-5-4-8(12)6-9(10)11(13)14-15/h4-7,15H,3H2,1-2H3,(H2,13,14). The summed E-state index contributed by atoms with van der Waals surface area (Å²) in [5.41, 5.74) is 6.29. The number of amidine groups is 1. The Hall–Kier alpha value is -0.870. The number of rotatable bonds is 4. The number of benzene rings is 1. The van der Waals surface area contributed by atoms with E-state index in [1.54, 1.807) is 23.9 Å². The Morgan fingerprint density at radius 2 is 2.31 bits per heavy atom. The fourth-order valence-corrected chi connectivity index (χ4v) is 2.37. The maximum Gasteiger partial charge on any atom is 0.171 e. The van der Waals surface area contributed by atoms with Crippen LogP contribution < -0.4 is 5.73 Å². The number of nitrogens with two attached hydrogens (primary N) is 1. The molecule has 1 aromatic carbocycles. The predicted molar refractivity (Wildman–Crippen MR) is 69.6 cm³/mol. The number of nitrogens with zero attached hydrogens (tertiary/aromatic N) is 1. The zero-order chi connectivity index (χ0) is 12.1. The average molecular weight is 259 g/mol. The Morgan fingerprint density at radius 3 is 2.88 bits per heavy atom. The van der Waals surface area contributed by atoms with E-state index >= 15 is 0 Å². The van der Waals surface area contributed by atoms with E-state index in [4.69, 9.17) is 22.5 Å². The van der Waals surface area contributed by atoms with Gasteiger partial charge in [0.2, 0.25) is 0 Å². The molecule has 3 nitrogen and oxygen atoms in total. The highest BCUT2D eigenvalue weighted by Gasteiger charge is 2.11. The van der Waals surface area contributed by atoms with Gasteiger partial charge in [-0.25, -0.2) is 0 Å². The zero-order valence-corrected chi connectivity index (χ0v) is 10.8. The van der Waals surface area contributed by atoms with Crippen LogP contribution >= 0.6 is 23.4 Å². The Balaban J connectivity index is 3.08. The fourth-order valence-electron chi connectivity index (χ4n) is 1.16. The van der Waals surface area contributed by atoms with Crippen LogP contribution in [0.4, 0.5) is 0 Å². The first kappa shape index (κ1) is 13.2. The van der Waals surface area contributed by atoms with E-state index in [0.717, 1.165) is 11.3 Å². The van der Waals surface area contributed by atoms with Crippen molar-refractivity contribution in [2.45, 2.75) is 30.4 Å². The van der Waals surface area contributed by atoms with Crippen molar-refractivity contribution in [1.82, 2.24) is 0 Å². The van der Waals surface area contributed by atoms with Gasteiger partial charge in [-0.15, -0.1) is 11.8 Å². The Morgan fingerprint density at radius 1 is 1.62 bits per heavy atom. The molecule has 0 aromatic heterocycles. The van der Waals surface area contributed by atoms with Crippen LogP contribution in [0.2, 0.25) is 5.02 Å². The van der Waals surface area contributed by atoms with Crippen LogP contribution in [0.25, 0.3) is 0 Å². The molecule has 0 saturated carbocycles. The summed E-state index contributed by atoms with van der Waals surface area (Å²) in [4.78, 5) is 0.981. The van der Waals surface area contributed by atoms with E-state index < -0.39 is 0 Å². The molecule has 0 spiro atoms. The molecule has 1 aromatic rings. The maximum absolute atomic E-state index is 8.71. The summed E-state index contributed by atoms with van der Waals surface area (Å²) in [5.74, 6) is 0.0910. The molecule has 5 heteroatoms. The van der Waals surface area contributed by atoms with Crippen LogP contribution in [-0.2, 0) is 0 Å². The molecule has 1 atom stereocenters. The summed E-state index contributed by atoms with van der Waals surface area (Å²) in [5, 5.41) is 12.8. The molecule has 0 aliphatic rings. The van der Waals surface area contributed by atoms with Crippen LogP contribution in [-0.4, -0.2) is 16.3 Å². The first-order valence-corrected chi connectivity index (χ1v) is 6.28. The molecule has 88 valence electrons. The van der Waals surface area contributed by atoms with Crippen LogP contribution in [0.3, 0.4) is 0 Å². The van der Waals surface area contributed by atoms with Crippen molar-refractivity contribution in [2.75, 3.05) is 0 Å². The summed E-state index contributed by atoms with van der Waals surface area (Å²) < 4.78 is 0. The SMILES string of the molecule is CCC(C)Sc1ccc(Cl)cc1C(N)=NO. The van der Waals surface area contributed by atoms with Crippen molar-refractivity contribution in [1.29, 1.82) is 0 Å². The van der Waals surface area contributed by atoms with Crippen molar-refractivity contribution in [3.05, 3.63) is 28.8 Å². The smallest absolute Gasteiger partial charge is 0.171 e. The predicted octanol–water partition coefficient (Wildman–Crippen LogP) is 3.33. The number of halogens is 1. The third-order valence-corrected chi connectivity index (χ3v) is 3.81. The minimum atomic E-state index is 0.0910. The first-order chi connectivity index (χ1) is 7.58. The van der Waals surface area contributed by atoms with Crippen LogP contribution in [0.1, 0.15) is 25.8 Å². The highest BCUT2D eigenvalue weighted by Crippen LogP contribution is 2.30. The van der Waals surface area contributed by atoms with Gasteiger partial charge in [0.25, 0.3) is 0 Å². The number of hydrogen-bond donors (Lipinski definition) is 2. The molecule has 3 N–H and O–H groups in total. The van der Waals surface area contributed by atoms with Crippen LogP contribution in [0.15, 0.2) is 28.3 Å². The molecule has 0 bridgehead atoms. The maximum atomic E-state index is 8.71. The summed E-state index contributed by atoms with van der Waals surface area (Å²) in [7, 11) is 0. The molecule has 0 amide bonds. The third-order valence-electron chi connectivity index (χ3n) is 2.23. The van der Waals surface area contributed by atoms with Gasteiger partial charge in [-0.05, 0) is 24.6 Å². The minimum Gasteiger partial charge on any atom is -0.409 e. The molecule has 0 fully saturated rings. The fraction of sp³-hybridized carbons (Fsp3) is 0.364. The van der Waals surface area contributed by atoms with Gasteiger partial charge in [-0.1, -0.05) is 30.6 Å². The zero-order valence-electron chi connectivity index (χ0n) is 9.27. The van der Waals surface area contributed by atoms with Gasteiger partial charge in [0.1, 0.15) is 0 Å². The second-order valence-corrected chi connectivity index (χ2v) is 5.38. The molecule has 0 aliphatic carbocycles. The van der Waals surface area contributed by atoms with Gasteiger partial charge >= 0.3 is 0 Å². The third kappa shape index (κ3) is 3.32. The summed E-state index contributed by atoms with van der Waals surface area (Å²) in [6, 6.07) is 5.41. The first-order valence-electron chi connectivity index (χ1n) is 5.02. The quantitative estimate of drug-likeness (QED) is 0.286. The molecular weight excluding hydrogens is 244 g/mol. The lowest BCUT2D eigenvalue weighted by atomic mass is 10.2. The van der Waals surface area contributed by atoms with E-state index in [1.807, 2.05) is 6.07 Å². The highest BCUT2D eigenvalue weighted by atomic mass is 35.5. The average Bonchev–Trinajstić information content (AvgIpc) is 2.30. The van der Waals surface area contributed by atoms with E-state index in [1.165, 1.54) is 0 Å². The number of thioether (sulfide) groups is 1. The molecule has 0 aliphatic heterocycles. The van der Waals surface area contributed by atoms with Gasteiger partial charge in [0.15, 0.2) is 5.84 Å². The van der Waals surface area contributed by atoms with Crippen LogP contribution in [0, 0.1) is 0 Å². The van der Waals surface area contributed by atoms with Gasteiger partial charge in [-0.2, -0.15) is 0 Å². The minimum absolute atomic E-state index is 0.0910. The second kappa shape index (κ2) is 6.01. The largest absolute Gasteiger partial charge is 0.409 e. The Bertz CT molecular complexity index is 396. The van der Waals surface area contributed by atoms with Gasteiger partial charge in [-0.3, -0.25) is 0 Å². The summed E-state index contributed by atoms with van der Waals surface area (Å²) >= 11 is 7.58. The second-order valence-electron chi connectivity index (χ2n) is 3.46. The molecule has 16 heavy (non-hydrogen) atoms. The lowest BCUT2D eigenvalue weighted by molar-refractivity contribution is 0.318. The van der Waals surface area contributed by atoms with Crippen molar-refractivity contribution in [3.8, 4) is 0 Å². The van der Waals surface area contributed by atoms with Crippen molar-refractivity contribution < 1.29 is 5.21 Å². The lowest BCUT2D eigenvalue weighted by Gasteiger charge is -2.12. The molecule has 0 heterocycles. The molecular formula is C11H15ClN2OS. The topological polar surface area (TPSA) is 58.6 Å². The number of oxime groups is 1. The van der Waals surface area contributed by atoms with Gasteiger partial charge < -0.3 is 10.9 Å². The highest BCUT2D eigenvalue weighted by molar-refractivity contribution is 8.00. The van der Waals surface area contributed by atoms with E-state index in [2.05, 4.69) is 19.0 Å². The van der Waals surface area contributed by atoms with Crippen molar-refractivity contribution in [2.24, 2.45) is 10.9 Å². The van der Waals surface area contributed by atoms with Crippen LogP contribution in [0.5, 0.6) is 0 Å². The monoisotopic (exact) mass is 258 g/mol. The molecule has 0 radical (unpaired) electrons. The van der Waals surface area contributed by atoms with Crippen molar-refractivity contribution in [3.63, 3.8) is 0 Å².